The Kier molecular flexibility index (Phi) is 5.06. The summed E-state index contributed by atoms with van der Waals surface area (Å²) in [7, 11) is 0. The highest BCUT2D eigenvalue weighted by Crippen LogP contribution is 2.33. The summed E-state index contributed by atoms with van der Waals surface area (Å²) in [5, 5.41) is 10.0. The number of aliphatic hydroxyl groups excluding tert-OH is 1. The van der Waals surface area contributed by atoms with E-state index in [-0.39, 0.29) is 5.91 Å². The number of benzene rings is 1. The van der Waals surface area contributed by atoms with E-state index < -0.39 is 12.2 Å². The molecule has 2 aliphatic heterocycles. The van der Waals surface area contributed by atoms with Crippen LogP contribution in [0.4, 0.5) is 5.69 Å². The number of ether oxygens (including phenoxy) is 1. The van der Waals surface area contributed by atoms with Gasteiger partial charge in [-0.05, 0) is 37.8 Å². The molecule has 5 heteroatoms. The van der Waals surface area contributed by atoms with E-state index >= 15 is 0 Å². The molecule has 0 bridgehead atoms. The van der Waals surface area contributed by atoms with Gasteiger partial charge in [0, 0.05) is 19.6 Å². The average Bonchev–Trinajstić information content (AvgIpc) is 2.61. The van der Waals surface area contributed by atoms with Gasteiger partial charge in [0.15, 0.2) is 6.10 Å². The number of aliphatic hydroxyl groups is 1. The van der Waals surface area contributed by atoms with Crippen LogP contribution >= 0.6 is 0 Å². The van der Waals surface area contributed by atoms with Gasteiger partial charge in [0.25, 0.3) is 5.91 Å². The van der Waals surface area contributed by atoms with Crippen molar-refractivity contribution in [1.29, 1.82) is 0 Å². The van der Waals surface area contributed by atoms with E-state index in [2.05, 4.69) is 4.90 Å². The highest BCUT2D eigenvalue weighted by Gasteiger charge is 2.34. The summed E-state index contributed by atoms with van der Waals surface area (Å²) in [6.45, 7) is 4.66. The summed E-state index contributed by atoms with van der Waals surface area (Å²) in [6.07, 6.45) is 3.18. The number of para-hydroxylation sites is 2. The number of hydrogen-bond donors (Lipinski definition) is 1. The van der Waals surface area contributed by atoms with E-state index in [0.29, 0.717) is 19.5 Å². The molecule has 2 atom stereocenters. The molecule has 23 heavy (non-hydrogen) atoms. The van der Waals surface area contributed by atoms with Crippen LogP contribution in [0.3, 0.4) is 0 Å². The minimum atomic E-state index is -0.480. The van der Waals surface area contributed by atoms with Gasteiger partial charge in [-0.25, -0.2) is 0 Å². The maximum atomic E-state index is 12.8. The summed E-state index contributed by atoms with van der Waals surface area (Å²) in [6, 6.07) is 7.76. The van der Waals surface area contributed by atoms with Crippen LogP contribution in [0.2, 0.25) is 0 Å². The van der Waals surface area contributed by atoms with Gasteiger partial charge >= 0.3 is 0 Å². The monoisotopic (exact) mass is 318 g/mol. The molecule has 1 aromatic carbocycles. The fraction of sp³-hybridized carbons (Fsp3) is 0.611. The van der Waals surface area contributed by atoms with Gasteiger partial charge in [-0.3, -0.25) is 4.79 Å². The molecular formula is C18H26N2O3. The molecule has 0 aliphatic carbocycles. The third kappa shape index (κ3) is 3.61. The van der Waals surface area contributed by atoms with Gasteiger partial charge < -0.3 is 19.6 Å². The molecule has 3 rings (SSSR count). The smallest absolute Gasteiger partial charge is 0.265 e. The number of carbonyl (C=O) groups is 1. The molecule has 0 spiro atoms. The highest BCUT2D eigenvalue weighted by molar-refractivity contribution is 5.83. The van der Waals surface area contributed by atoms with Crippen LogP contribution in [0.1, 0.15) is 32.6 Å². The normalized spacial score (nSPS) is 22.3. The molecule has 1 fully saturated rings. The Hall–Kier alpha value is -1.75. The van der Waals surface area contributed by atoms with Crippen molar-refractivity contribution >= 4 is 11.6 Å². The first-order valence-electron chi connectivity index (χ1n) is 8.66. The SMILES string of the molecule is CC[C@@H](O)CN1CC(C(=O)N2CCCCC2)Oc2ccccc21. The number of β-amino-alcohol motifs (C(OH)–C–C–N with tert-alkyl or cyclic N) is 1. The zero-order chi connectivity index (χ0) is 16.2. The van der Waals surface area contributed by atoms with Crippen LogP contribution < -0.4 is 9.64 Å². The van der Waals surface area contributed by atoms with E-state index in [1.54, 1.807) is 0 Å². The van der Waals surface area contributed by atoms with Crippen molar-refractivity contribution in [3.8, 4) is 5.75 Å². The van der Waals surface area contributed by atoms with Crippen molar-refractivity contribution in [2.24, 2.45) is 0 Å². The highest BCUT2D eigenvalue weighted by atomic mass is 16.5. The van der Waals surface area contributed by atoms with Gasteiger partial charge in [0.1, 0.15) is 5.75 Å². The van der Waals surface area contributed by atoms with Gasteiger partial charge in [-0.1, -0.05) is 19.1 Å². The summed E-state index contributed by atoms with van der Waals surface area (Å²) in [4.78, 5) is 16.8. The molecule has 0 aromatic heterocycles. The van der Waals surface area contributed by atoms with E-state index in [4.69, 9.17) is 4.74 Å². The van der Waals surface area contributed by atoms with Crippen LogP contribution in [0, 0.1) is 0 Å². The summed E-state index contributed by atoms with van der Waals surface area (Å²) in [5.41, 5.74) is 0.961. The molecule has 0 radical (unpaired) electrons. The third-order valence-electron chi connectivity index (χ3n) is 4.71. The number of nitrogens with zero attached hydrogens (tertiary/aromatic N) is 2. The average molecular weight is 318 g/mol. The predicted octanol–water partition coefficient (Wildman–Crippen LogP) is 2.04. The van der Waals surface area contributed by atoms with Crippen molar-refractivity contribution < 1.29 is 14.6 Å². The first-order chi connectivity index (χ1) is 11.2. The Bertz CT molecular complexity index is 543. The zero-order valence-electron chi connectivity index (χ0n) is 13.8. The van der Waals surface area contributed by atoms with E-state index in [9.17, 15) is 9.90 Å². The predicted molar refractivity (Wildman–Crippen MR) is 89.8 cm³/mol. The lowest BCUT2D eigenvalue weighted by Gasteiger charge is -2.39. The molecular weight excluding hydrogens is 292 g/mol. The van der Waals surface area contributed by atoms with Crippen molar-refractivity contribution in [1.82, 2.24) is 4.90 Å². The number of anilines is 1. The van der Waals surface area contributed by atoms with Gasteiger partial charge in [0.05, 0.1) is 18.3 Å². The molecule has 5 nitrogen and oxygen atoms in total. The quantitative estimate of drug-likeness (QED) is 0.923. The van der Waals surface area contributed by atoms with Gasteiger partial charge in [-0.2, -0.15) is 0 Å². The zero-order valence-corrected chi connectivity index (χ0v) is 13.8. The maximum absolute atomic E-state index is 12.8. The van der Waals surface area contributed by atoms with Crippen molar-refractivity contribution in [2.75, 3.05) is 31.1 Å². The number of fused-ring (bicyclic) bond motifs is 1. The number of carbonyl (C=O) groups excluding carboxylic acids is 1. The second kappa shape index (κ2) is 7.21. The number of rotatable bonds is 4. The molecule has 1 amide bonds. The Balaban J connectivity index is 1.77. The first kappa shape index (κ1) is 16.1. The number of likely N-dealkylation sites (tertiary alicyclic amines) is 1. The Morgan fingerprint density at radius 3 is 2.78 bits per heavy atom. The summed E-state index contributed by atoms with van der Waals surface area (Å²) in [5.74, 6) is 0.813. The minimum Gasteiger partial charge on any atom is -0.477 e. The van der Waals surface area contributed by atoms with Crippen LogP contribution in [0.5, 0.6) is 5.75 Å². The lowest BCUT2D eigenvalue weighted by Crippen LogP contribution is -2.52. The molecule has 2 heterocycles. The Morgan fingerprint density at radius 2 is 2.04 bits per heavy atom. The van der Waals surface area contributed by atoms with Crippen molar-refractivity contribution in [2.45, 2.75) is 44.8 Å². The second-order valence-electron chi connectivity index (χ2n) is 6.43. The van der Waals surface area contributed by atoms with Crippen LogP contribution in [0.15, 0.2) is 24.3 Å². The summed E-state index contributed by atoms with van der Waals surface area (Å²) >= 11 is 0. The van der Waals surface area contributed by atoms with E-state index in [0.717, 1.165) is 37.4 Å². The first-order valence-corrected chi connectivity index (χ1v) is 8.66. The van der Waals surface area contributed by atoms with Gasteiger partial charge in [-0.15, -0.1) is 0 Å². The Morgan fingerprint density at radius 1 is 1.30 bits per heavy atom. The van der Waals surface area contributed by atoms with E-state index in [1.807, 2.05) is 36.1 Å². The van der Waals surface area contributed by atoms with Crippen LogP contribution in [-0.4, -0.2) is 54.3 Å². The minimum absolute atomic E-state index is 0.0789. The largest absolute Gasteiger partial charge is 0.477 e. The standard InChI is InChI=1S/C18H26N2O3/c1-2-14(21)12-20-13-17(18(22)19-10-6-3-7-11-19)23-16-9-5-4-8-15(16)20/h4-5,8-9,14,17,21H,2-3,6-7,10-13H2,1H3/t14-,17?/m1/s1. The van der Waals surface area contributed by atoms with Crippen LogP contribution in [-0.2, 0) is 4.79 Å². The molecule has 1 aromatic rings. The number of hydrogen-bond acceptors (Lipinski definition) is 4. The topological polar surface area (TPSA) is 53.0 Å². The fourth-order valence-electron chi connectivity index (χ4n) is 3.31. The molecule has 0 saturated carbocycles. The third-order valence-corrected chi connectivity index (χ3v) is 4.71. The molecule has 1 unspecified atom stereocenters. The lowest BCUT2D eigenvalue weighted by molar-refractivity contribution is -0.139. The summed E-state index contributed by atoms with van der Waals surface area (Å²) < 4.78 is 5.98. The second-order valence-corrected chi connectivity index (χ2v) is 6.43. The molecule has 1 saturated heterocycles. The van der Waals surface area contributed by atoms with Gasteiger partial charge in [0.2, 0.25) is 0 Å². The fourth-order valence-corrected chi connectivity index (χ4v) is 3.31. The Labute approximate surface area is 137 Å². The lowest BCUT2D eigenvalue weighted by atomic mass is 10.1. The van der Waals surface area contributed by atoms with Crippen molar-refractivity contribution in [3.63, 3.8) is 0 Å². The maximum Gasteiger partial charge on any atom is 0.265 e. The van der Waals surface area contributed by atoms with E-state index in [1.165, 1.54) is 6.42 Å². The number of piperidine rings is 1. The van der Waals surface area contributed by atoms with Crippen molar-refractivity contribution in [3.05, 3.63) is 24.3 Å². The van der Waals surface area contributed by atoms with Crippen LogP contribution in [0.25, 0.3) is 0 Å². The number of amides is 1. The molecule has 1 N–H and O–H groups in total. The molecule has 126 valence electrons. The molecule has 2 aliphatic rings.